The van der Waals surface area contributed by atoms with Crippen LogP contribution in [0.4, 0.5) is 20.2 Å². The minimum absolute atomic E-state index is 0.0825. The Morgan fingerprint density at radius 3 is 2.68 bits per heavy atom. The molecule has 0 amide bonds. The molecule has 0 saturated heterocycles. The van der Waals surface area contributed by atoms with Crippen LogP contribution in [0.1, 0.15) is 10.4 Å². The van der Waals surface area contributed by atoms with E-state index in [0.29, 0.717) is 12.6 Å². The van der Waals surface area contributed by atoms with Crippen LogP contribution >= 0.6 is 11.3 Å². The summed E-state index contributed by atoms with van der Waals surface area (Å²) in [6, 6.07) is 3.31. The summed E-state index contributed by atoms with van der Waals surface area (Å²) in [5.41, 5.74) is 0.224. The van der Waals surface area contributed by atoms with E-state index < -0.39 is 22.2 Å². The Morgan fingerprint density at radius 2 is 2.11 bits per heavy atom. The van der Waals surface area contributed by atoms with E-state index in [0.717, 1.165) is 16.5 Å². The average Bonchev–Trinajstić information content (AvgIpc) is 2.73. The maximum atomic E-state index is 13.5. The third-order valence-corrected chi connectivity index (χ3v) is 3.66. The van der Waals surface area contributed by atoms with E-state index in [4.69, 9.17) is 0 Å². The molecule has 2 aromatic rings. The Bertz CT molecular complexity index is 628. The fourth-order valence-corrected chi connectivity index (χ4v) is 2.42. The van der Waals surface area contributed by atoms with Crippen LogP contribution in [0, 0.1) is 28.7 Å². The van der Waals surface area contributed by atoms with Gasteiger partial charge in [0.2, 0.25) is 5.82 Å². The van der Waals surface area contributed by atoms with Gasteiger partial charge in [-0.15, -0.1) is 11.3 Å². The molecule has 0 fully saturated rings. The lowest BCUT2D eigenvalue weighted by atomic mass is 10.2. The van der Waals surface area contributed by atoms with Crippen LogP contribution in [-0.4, -0.2) is 4.92 Å². The molecule has 1 N–H and O–H groups in total. The second-order valence-corrected chi connectivity index (χ2v) is 4.92. The molecule has 0 aliphatic carbocycles. The number of hydrogen-bond donors (Lipinski definition) is 1. The third-order valence-electron chi connectivity index (χ3n) is 2.64. The molecule has 0 aliphatic heterocycles. The van der Waals surface area contributed by atoms with Gasteiger partial charge in [-0.25, -0.2) is 4.39 Å². The molecule has 1 heterocycles. The van der Waals surface area contributed by atoms with Crippen LogP contribution in [0.2, 0.25) is 0 Å². The molecule has 1 aromatic heterocycles. The number of nitro benzene ring substituents is 1. The Morgan fingerprint density at radius 1 is 1.37 bits per heavy atom. The van der Waals surface area contributed by atoms with Gasteiger partial charge in [-0.1, -0.05) is 0 Å². The SMILES string of the molecule is Cc1ccsc1CNc1cc([N+](=O)[O-])c(F)cc1F. The van der Waals surface area contributed by atoms with Gasteiger partial charge < -0.3 is 5.32 Å². The van der Waals surface area contributed by atoms with Gasteiger partial charge in [0.1, 0.15) is 5.82 Å². The van der Waals surface area contributed by atoms with Gasteiger partial charge in [0.15, 0.2) is 0 Å². The van der Waals surface area contributed by atoms with E-state index in [1.807, 2.05) is 18.4 Å². The van der Waals surface area contributed by atoms with Gasteiger partial charge in [0, 0.05) is 23.6 Å². The monoisotopic (exact) mass is 284 g/mol. The molecule has 1 aromatic carbocycles. The highest BCUT2D eigenvalue weighted by molar-refractivity contribution is 7.10. The number of halogens is 2. The third kappa shape index (κ3) is 2.87. The van der Waals surface area contributed by atoms with Crippen molar-refractivity contribution in [3.8, 4) is 0 Å². The zero-order valence-corrected chi connectivity index (χ0v) is 10.8. The molecular formula is C12H10F2N2O2S. The summed E-state index contributed by atoms with van der Waals surface area (Å²) in [6.45, 7) is 2.25. The Balaban J connectivity index is 2.23. The van der Waals surface area contributed by atoms with Crippen molar-refractivity contribution in [3.63, 3.8) is 0 Å². The summed E-state index contributed by atoms with van der Waals surface area (Å²) < 4.78 is 26.7. The van der Waals surface area contributed by atoms with Gasteiger partial charge in [-0.05, 0) is 23.9 Å². The lowest BCUT2D eigenvalue weighted by Gasteiger charge is -2.07. The summed E-state index contributed by atoms with van der Waals surface area (Å²) >= 11 is 1.50. The summed E-state index contributed by atoms with van der Waals surface area (Å²) in [5, 5.41) is 15.2. The number of nitrogens with one attached hydrogen (secondary N) is 1. The summed E-state index contributed by atoms with van der Waals surface area (Å²) in [5.74, 6) is -2.03. The van der Waals surface area contributed by atoms with Crippen molar-refractivity contribution in [1.29, 1.82) is 0 Å². The number of nitro groups is 1. The first kappa shape index (κ1) is 13.4. The lowest BCUT2D eigenvalue weighted by Crippen LogP contribution is -2.03. The van der Waals surface area contributed by atoms with Gasteiger partial charge in [-0.3, -0.25) is 10.1 Å². The summed E-state index contributed by atoms with van der Waals surface area (Å²) in [7, 11) is 0. The minimum Gasteiger partial charge on any atom is -0.378 e. The Kier molecular flexibility index (Phi) is 3.75. The van der Waals surface area contributed by atoms with Crippen LogP contribution in [0.5, 0.6) is 0 Å². The van der Waals surface area contributed by atoms with Crippen molar-refractivity contribution in [2.75, 3.05) is 5.32 Å². The van der Waals surface area contributed by atoms with Gasteiger partial charge in [0.25, 0.3) is 0 Å². The zero-order chi connectivity index (χ0) is 14.0. The maximum Gasteiger partial charge on any atom is 0.307 e. The van der Waals surface area contributed by atoms with E-state index in [9.17, 15) is 18.9 Å². The number of hydrogen-bond acceptors (Lipinski definition) is 4. The molecule has 0 spiro atoms. The molecule has 2 rings (SSSR count). The molecule has 0 atom stereocenters. The number of thiophene rings is 1. The van der Waals surface area contributed by atoms with Crippen LogP contribution in [-0.2, 0) is 6.54 Å². The van der Waals surface area contributed by atoms with Crippen LogP contribution in [0.3, 0.4) is 0 Å². The molecule has 0 aliphatic rings. The van der Waals surface area contributed by atoms with Gasteiger partial charge in [0.05, 0.1) is 10.6 Å². The number of anilines is 1. The first-order chi connectivity index (χ1) is 8.99. The predicted molar refractivity (Wildman–Crippen MR) is 69.4 cm³/mol. The van der Waals surface area contributed by atoms with E-state index in [1.165, 1.54) is 11.3 Å². The van der Waals surface area contributed by atoms with Crippen molar-refractivity contribution in [1.82, 2.24) is 0 Å². The first-order valence-corrected chi connectivity index (χ1v) is 6.27. The molecule has 19 heavy (non-hydrogen) atoms. The molecular weight excluding hydrogens is 274 g/mol. The van der Waals surface area contributed by atoms with E-state index in [2.05, 4.69) is 5.32 Å². The topological polar surface area (TPSA) is 55.2 Å². The number of rotatable bonds is 4. The number of benzene rings is 1. The standard InChI is InChI=1S/C12H10F2N2O2S/c1-7-2-3-19-12(7)6-15-10-5-11(16(17)18)9(14)4-8(10)13/h2-5,15H,6H2,1H3. The van der Waals surface area contributed by atoms with E-state index >= 15 is 0 Å². The summed E-state index contributed by atoms with van der Waals surface area (Å²) in [6.07, 6.45) is 0. The predicted octanol–water partition coefficient (Wildman–Crippen LogP) is 3.86. The van der Waals surface area contributed by atoms with Crippen molar-refractivity contribution < 1.29 is 13.7 Å². The molecule has 0 bridgehead atoms. The first-order valence-electron chi connectivity index (χ1n) is 5.39. The smallest absolute Gasteiger partial charge is 0.307 e. The second-order valence-electron chi connectivity index (χ2n) is 3.92. The Hall–Kier alpha value is -2.02. The highest BCUT2D eigenvalue weighted by Crippen LogP contribution is 2.26. The van der Waals surface area contributed by atoms with Crippen molar-refractivity contribution in [2.24, 2.45) is 0 Å². The van der Waals surface area contributed by atoms with Crippen molar-refractivity contribution in [2.45, 2.75) is 13.5 Å². The molecule has 0 saturated carbocycles. The van der Waals surface area contributed by atoms with Crippen LogP contribution in [0.15, 0.2) is 23.6 Å². The van der Waals surface area contributed by atoms with Crippen molar-refractivity contribution in [3.05, 3.63) is 55.8 Å². The molecule has 0 radical (unpaired) electrons. The zero-order valence-electron chi connectivity index (χ0n) is 9.94. The van der Waals surface area contributed by atoms with E-state index in [1.54, 1.807) is 0 Å². The molecule has 100 valence electrons. The average molecular weight is 284 g/mol. The molecule has 4 nitrogen and oxygen atoms in total. The van der Waals surface area contributed by atoms with E-state index in [-0.39, 0.29) is 5.69 Å². The second kappa shape index (κ2) is 5.31. The Labute approximate surface area is 111 Å². The largest absolute Gasteiger partial charge is 0.378 e. The van der Waals surface area contributed by atoms with Gasteiger partial charge in [-0.2, -0.15) is 4.39 Å². The van der Waals surface area contributed by atoms with Crippen LogP contribution in [0.25, 0.3) is 0 Å². The lowest BCUT2D eigenvalue weighted by molar-refractivity contribution is -0.387. The quantitative estimate of drug-likeness (QED) is 0.685. The molecule has 0 unspecified atom stereocenters. The van der Waals surface area contributed by atoms with Crippen molar-refractivity contribution >= 4 is 22.7 Å². The number of aryl methyl sites for hydroxylation is 1. The number of nitrogens with zero attached hydrogens (tertiary/aromatic N) is 1. The maximum absolute atomic E-state index is 13.5. The van der Waals surface area contributed by atoms with Gasteiger partial charge >= 0.3 is 5.69 Å². The fraction of sp³-hybridized carbons (Fsp3) is 0.167. The fourth-order valence-electron chi connectivity index (χ4n) is 1.57. The van der Waals surface area contributed by atoms with Crippen LogP contribution < -0.4 is 5.32 Å². The highest BCUT2D eigenvalue weighted by Gasteiger charge is 2.18. The highest BCUT2D eigenvalue weighted by atomic mass is 32.1. The minimum atomic E-state index is -1.18. The molecule has 7 heteroatoms. The summed E-state index contributed by atoms with van der Waals surface area (Å²) in [4.78, 5) is 10.7. The normalized spacial score (nSPS) is 10.5.